The van der Waals surface area contributed by atoms with Crippen LogP contribution in [0.3, 0.4) is 0 Å². The number of aryl methyl sites for hydroxylation is 6. The van der Waals surface area contributed by atoms with Crippen molar-refractivity contribution in [2.75, 3.05) is 9.80 Å². The van der Waals surface area contributed by atoms with Crippen molar-refractivity contribution in [2.45, 2.75) is 41.5 Å². The summed E-state index contributed by atoms with van der Waals surface area (Å²) in [6, 6.07) is 48.5. The summed E-state index contributed by atoms with van der Waals surface area (Å²) in [7, 11) is 0. The predicted molar refractivity (Wildman–Crippen MR) is 200 cm³/mol. The van der Waals surface area contributed by atoms with Crippen LogP contribution in [0.1, 0.15) is 44.5 Å². The van der Waals surface area contributed by atoms with Crippen LogP contribution in [0.25, 0.3) is 12.2 Å². The lowest BCUT2D eigenvalue weighted by molar-refractivity contribution is 1.24. The van der Waals surface area contributed by atoms with Gasteiger partial charge in [0, 0.05) is 34.1 Å². The molecule has 0 fully saturated rings. The van der Waals surface area contributed by atoms with Crippen LogP contribution in [-0.4, -0.2) is 0 Å². The Morgan fingerprint density at radius 2 is 0.587 bits per heavy atom. The number of hydrogen-bond acceptors (Lipinski definition) is 2. The van der Waals surface area contributed by atoms with E-state index in [9.17, 15) is 0 Å². The number of anilines is 6. The number of benzene rings is 6. The Kier molecular flexibility index (Phi) is 8.90. The fraction of sp³-hybridized carbons (Fsp3) is 0.136. The second kappa shape index (κ2) is 13.3. The molecule has 228 valence electrons. The van der Waals surface area contributed by atoms with Crippen LogP contribution >= 0.6 is 0 Å². The van der Waals surface area contributed by atoms with Crippen molar-refractivity contribution >= 4 is 46.3 Å². The van der Waals surface area contributed by atoms with Crippen LogP contribution in [0.2, 0.25) is 0 Å². The largest absolute Gasteiger partial charge is 0.310 e. The van der Waals surface area contributed by atoms with Crippen molar-refractivity contribution in [1.82, 2.24) is 0 Å². The van der Waals surface area contributed by atoms with E-state index in [4.69, 9.17) is 0 Å². The Hall–Kier alpha value is -5.34. The molecule has 0 N–H and O–H groups in total. The summed E-state index contributed by atoms with van der Waals surface area (Å²) < 4.78 is 0. The standard InChI is InChI=1S/C44H42N2/c1-31-7-19-39(20-8-31)45(43-23-11-33(3)35(5)29-43)41-25-15-37(16-26-41)13-14-38-17-27-42(28-18-38)46(40-21-9-32(2)10-22-40)44-24-12-34(4)36(6)30-44/h7-30H,1-6H3. The zero-order valence-electron chi connectivity index (χ0n) is 27.8. The van der Waals surface area contributed by atoms with Crippen molar-refractivity contribution in [3.05, 3.63) is 178 Å². The first kappa shape index (κ1) is 30.7. The third kappa shape index (κ3) is 6.82. The van der Waals surface area contributed by atoms with E-state index in [1.807, 2.05) is 0 Å². The minimum absolute atomic E-state index is 1.14. The molecular formula is C44H42N2. The van der Waals surface area contributed by atoms with Gasteiger partial charge in [-0.05, 0) is 148 Å². The van der Waals surface area contributed by atoms with Crippen molar-refractivity contribution in [3.8, 4) is 0 Å². The molecule has 0 heterocycles. The van der Waals surface area contributed by atoms with Crippen LogP contribution in [0, 0.1) is 41.5 Å². The Labute approximate surface area is 274 Å². The molecule has 0 aliphatic rings. The van der Waals surface area contributed by atoms with Gasteiger partial charge in [-0.15, -0.1) is 0 Å². The molecule has 0 aromatic heterocycles. The number of nitrogens with zero attached hydrogens (tertiary/aromatic N) is 2. The minimum atomic E-state index is 1.14. The zero-order chi connectivity index (χ0) is 32.2. The van der Waals surface area contributed by atoms with Gasteiger partial charge in [-0.1, -0.05) is 83.9 Å². The van der Waals surface area contributed by atoms with Crippen molar-refractivity contribution in [2.24, 2.45) is 0 Å². The number of hydrogen-bond donors (Lipinski definition) is 0. The molecule has 0 spiro atoms. The van der Waals surface area contributed by atoms with Crippen molar-refractivity contribution in [1.29, 1.82) is 0 Å². The average molecular weight is 599 g/mol. The molecule has 0 aliphatic heterocycles. The van der Waals surface area contributed by atoms with E-state index >= 15 is 0 Å². The van der Waals surface area contributed by atoms with Crippen LogP contribution < -0.4 is 9.80 Å². The van der Waals surface area contributed by atoms with Crippen molar-refractivity contribution < 1.29 is 0 Å². The van der Waals surface area contributed by atoms with Gasteiger partial charge in [0.25, 0.3) is 0 Å². The highest BCUT2D eigenvalue weighted by Gasteiger charge is 2.14. The molecule has 2 heteroatoms. The molecule has 6 aromatic rings. The molecule has 0 bridgehead atoms. The van der Waals surface area contributed by atoms with E-state index in [0.717, 1.165) is 45.3 Å². The maximum atomic E-state index is 2.33. The van der Waals surface area contributed by atoms with Gasteiger partial charge in [0.1, 0.15) is 0 Å². The molecule has 0 saturated carbocycles. The molecule has 0 radical (unpaired) electrons. The highest BCUT2D eigenvalue weighted by Crippen LogP contribution is 2.37. The van der Waals surface area contributed by atoms with Crippen molar-refractivity contribution in [3.63, 3.8) is 0 Å². The molecule has 6 aromatic carbocycles. The lowest BCUT2D eigenvalue weighted by Gasteiger charge is -2.26. The van der Waals surface area contributed by atoms with E-state index in [1.165, 1.54) is 33.4 Å². The number of rotatable bonds is 8. The minimum Gasteiger partial charge on any atom is -0.310 e. The molecule has 0 amide bonds. The molecule has 2 nitrogen and oxygen atoms in total. The van der Waals surface area contributed by atoms with Gasteiger partial charge >= 0.3 is 0 Å². The summed E-state index contributed by atoms with van der Waals surface area (Å²) in [5, 5.41) is 0. The maximum Gasteiger partial charge on any atom is 0.0464 e. The molecule has 46 heavy (non-hydrogen) atoms. The summed E-state index contributed by atoms with van der Waals surface area (Å²) in [5.74, 6) is 0. The quantitative estimate of drug-likeness (QED) is 0.161. The maximum absolute atomic E-state index is 2.33. The Morgan fingerprint density at radius 1 is 0.304 bits per heavy atom. The second-order valence-electron chi connectivity index (χ2n) is 12.4. The molecule has 0 aliphatic carbocycles. The van der Waals surface area contributed by atoms with E-state index in [-0.39, 0.29) is 0 Å². The van der Waals surface area contributed by atoms with Gasteiger partial charge in [-0.2, -0.15) is 0 Å². The summed E-state index contributed by atoms with van der Waals surface area (Å²) in [4.78, 5) is 4.65. The van der Waals surface area contributed by atoms with Gasteiger partial charge in [-0.3, -0.25) is 0 Å². The van der Waals surface area contributed by atoms with Gasteiger partial charge < -0.3 is 9.80 Å². The highest BCUT2D eigenvalue weighted by molar-refractivity contribution is 5.80. The van der Waals surface area contributed by atoms with Crippen LogP contribution in [0.15, 0.2) is 133 Å². The van der Waals surface area contributed by atoms with Gasteiger partial charge in [0.15, 0.2) is 0 Å². The van der Waals surface area contributed by atoms with Gasteiger partial charge in [-0.25, -0.2) is 0 Å². The molecular weight excluding hydrogens is 556 g/mol. The monoisotopic (exact) mass is 598 g/mol. The van der Waals surface area contributed by atoms with E-state index in [1.54, 1.807) is 0 Å². The highest BCUT2D eigenvalue weighted by atomic mass is 15.1. The SMILES string of the molecule is Cc1ccc(N(c2ccc(C=Cc3ccc(N(c4ccc(C)cc4)c4ccc(C)c(C)c4)cc3)cc2)c2ccc(C)c(C)c2)cc1. The summed E-state index contributed by atoms with van der Waals surface area (Å²) in [6.07, 6.45) is 4.37. The summed E-state index contributed by atoms with van der Waals surface area (Å²) >= 11 is 0. The summed E-state index contributed by atoms with van der Waals surface area (Å²) in [6.45, 7) is 12.9. The Balaban J connectivity index is 1.25. The first-order valence-corrected chi connectivity index (χ1v) is 16.0. The Bertz CT molecular complexity index is 1820. The summed E-state index contributed by atoms with van der Waals surface area (Å²) in [5.41, 5.74) is 16.9. The fourth-order valence-corrected chi connectivity index (χ4v) is 5.67. The van der Waals surface area contributed by atoms with Crippen LogP contribution in [0.4, 0.5) is 34.1 Å². The predicted octanol–water partition coefficient (Wildman–Crippen LogP) is 12.6. The van der Waals surface area contributed by atoms with E-state index in [2.05, 4.69) is 197 Å². The normalized spacial score (nSPS) is 11.2. The lowest BCUT2D eigenvalue weighted by atomic mass is 10.1. The van der Waals surface area contributed by atoms with E-state index in [0.29, 0.717) is 0 Å². The molecule has 0 saturated heterocycles. The topological polar surface area (TPSA) is 6.48 Å². The Morgan fingerprint density at radius 3 is 0.891 bits per heavy atom. The lowest BCUT2D eigenvalue weighted by Crippen LogP contribution is -2.10. The van der Waals surface area contributed by atoms with Gasteiger partial charge in [0.05, 0.1) is 0 Å². The zero-order valence-corrected chi connectivity index (χ0v) is 27.8. The first-order chi connectivity index (χ1) is 22.2. The first-order valence-electron chi connectivity index (χ1n) is 16.0. The van der Waals surface area contributed by atoms with Crippen LogP contribution in [-0.2, 0) is 0 Å². The van der Waals surface area contributed by atoms with Gasteiger partial charge in [0.2, 0.25) is 0 Å². The smallest absolute Gasteiger partial charge is 0.0464 e. The average Bonchev–Trinajstić information content (AvgIpc) is 3.06. The second-order valence-corrected chi connectivity index (χ2v) is 12.4. The van der Waals surface area contributed by atoms with E-state index < -0.39 is 0 Å². The molecule has 6 rings (SSSR count). The third-order valence-electron chi connectivity index (χ3n) is 8.85. The molecule has 0 atom stereocenters. The fourth-order valence-electron chi connectivity index (χ4n) is 5.67. The van der Waals surface area contributed by atoms with Crippen LogP contribution in [0.5, 0.6) is 0 Å². The molecule has 0 unspecified atom stereocenters. The third-order valence-corrected chi connectivity index (χ3v) is 8.85.